The van der Waals surface area contributed by atoms with Gasteiger partial charge in [0.1, 0.15) is 6.10 Å². The highest BCUT2D eigenvalue weighted by Gasteiger charge is 2.15. The third kappa shape index (κ3) is 3.29. The average molecular weight is 268 g/mol. The summed E-state index contributed by atoms with van der Waals surface area (Å²) in [4.78, 5) is 0. The number of hydrogen-bond acceptors (Lipinski definition) is 1. The van der Waals surface area contributed by atoms with E-state index >= 15 is 0 Å². The fourth-order valence-corrected chi connectivity index (χ4v) is 2.29. The maximum atomic E-state index is 10.4. The van der Waals surface area contributed by atoms with Crippen LogP contribution in [0.15, 0.2) is 48.5 Å². The molecule has 1 N–H and O–H groups in total. The summed E-state index contributed by atoms with van der Waals surface area (Å²) in [5.41, 5.74) is 4.62. The molecule has 1 atom stereocenters. The highest BCUT2D eigenvalue weighted by molar-refractivity contribution is 5.35. The van der Waals surface area contributed by atoms with E-state index in [4.69, 9.17) is 0 Å². The zero-order valence-corrected chi connectivity index (χ0v) is 12.9. The molecular weight excluding hydrogens is 244 g/mol. The number of aliphatic hydroxyl groups excluding tert-OH is 1. The summed E-state index contributed by atoms with van der Waals surface area (Å²) < 4.78 is 0. The van der Waals surface area contributed by atoms with Gasteiger partial charge < -0.3 is 5.11 Å². The van der Waals surface area contributed by atoms with Gasteiger partial charge in [-0.15, -0.1) is 0 Å². The average Bonchev–Trinajstić information content (AvgIpc) is 2.46. The van der Waals surface area contributed by atoms with Crippen LogP contribution in [0.5, 0.6) is 0 Å². The molecule has 1 heteroatoms. The number of rotatable bonds is 3. The first kappa shape index (κ1) is 14.8. The minimum atomic E-state index is -0.546. The van der Waals surface area contributed by atoms with Crippen molar-refractivity contribution in [3.63, 3.8) is 0 Å². The summed E-state index contributed by atoms with van der Waals surface area (Å²) in [7, 11) is 0. The Morgan fingerprint density at radius 2 is 1.30 bits per heavy atom. The van der Waals surface area contributed by atoms with Gasteiger partial charge in [0.15, 0.2) is 0 Å². The predicted octanol–water partition coefficient (Wildman–Crippen LogP) is 4.63. The third-order valence-electron chi connectivity index (χ3n) is 3.80. The van der Waals surface area contributed by atoms with Gasteiger partial charge in [0.25, 0.3) is 0 Å². The van der Waals surface area contributed by atoms with E-state index in [9.17, 15) is 5.11 Å². The molecule has 0 spiro atoms. The monoisotopic (exact) mass is 268 g/mol. The van der Waals surface area contributed by atoms with E-state index < -0.39 is 6.10 Å². The van der Waals surface area contributed by atoms with E-state index in [0.29, 0.717) is 0 Å². The molecule has 0 saturated heterocycles. The van der Waals surface area contributed by atoms with E-state index in [-0.39, 0.29) is 5.41 Å². The van der Waals surface area contributed by atoms with Crippen molar-refractivity contribution in [1.82, 2.24) is 0 Å². The van der Waals surface area contributed by atoms with Gasteiger partial charge in [0.2, 0.25) is 0 Å². The van der Waals surface area contributed by atoms with Gasteiger partial charge in [0, 0.05) is 0 Å². The Balaban J connectivity index is 2.22. The van der Waals surface area contributed by atoms with Crippen LogP contribution in [0.25, 0.3) is 0 Å². The molecule has 0 aromatic heterocycles. The van der Waals surface area contributed by atoms with Crippen molar-refractivity contribution in [2.45, 2.75) is 45.6 Å². The summed E-state index contributed by atoms with van der Waals surface area (Å²) in [5.74, 6) is 0. The molecule has 2 rings (SSSR count). The standard InChI is InChI=1S/C19H24O/c1-5-14-6-8-15(9-7-14)18(20)16-10-12-17(13-11-16)19(2,3)4/h6-13,18,20H,5H2,1-4H3. The summed E-state index contributed by atoms with van der Waals surface area (Å²) in [6.07, 6.45) is 0.478. The minimum absolute atomic E-state index is 0.145. The lowest BCUT2D eigenvalue weighted by molar-refractivity contribution is 0.220. The zero-order chi connectivity index (χ0) is 14.8. The lowest BCUT2D eigenvalue weighted by atomic mass is 9.86. The largest absolute Gasteiger partial charge is 0.384 e. The molecule has 20 heavy (non-hydrogen) atoms. The fraction of sp³-hybridized carbons (Fsp3) is 0.368. The summed E-state index contributed by atoms with van der Waals surface area (Å²) in [5, 5.41) is 10.4. The number of aryl methyl sites for hydroxylation is 1. The minimum Gasteiger partial charge on any atom is -0.384 e. The molecule has 0 aliphatic carbocycles. The van der Waals surface area contributed by atoms with Crippen molar-refractivity contribution in [2.24, 2.45) is 0 Å². The first-order valence-corrected chi connectivity index (χ1v) is 7.29. The van der Waals surface area contributed by atoms with Gasteiger partial charge in [-0.25, -0.2) is 0 Å². The van der Waals surface area contributed by atoms with E-state index in [2.05, 4.69) is 52.0 Å². The first-order chi connectivity index (χ1) is 9.41. The second-order valence-corrected chi connectivity index (χ2v) is 6.37. The maximum Gasteiger partial charge on any atom is 0.104 e. The van der Waals surface area contributed by atoms with Gasteiger partial charge in [-0.3, -0.25) is 0 Å². The Labute approximate surface area is 122 Å². The normalized spacial score (nSPS) is 13.2. The van der Waals surface area contributed by atoms with Crippen LogP contribution in [0, 0.1) is 0 Å². The zero-order valence-electron chi connectivity index (χ0n) is 12.9. The van der Waals surface area contributed by atoms with Crippen molar-refractivity contribution < 1.29 is 5.11 Å². The molecule has 0 radical (unpaired) electrons. The molecule has 0 bridgehead atoms. The molecule has 106 valence electrons. The van der Waals surface area contributed by atoms with E-state index in [1.54, 1.807) is 0 Å². The number of benzene rings is 2. The Bertz CT molecular complexity index is 544. The second-order valence-electron chi connectivity index (χ2n) is 6.37. The van der Waals surface area contributed by atoms with Crippen molar-refractivity contribution in [3.05, 3.63) is 70.8 Å². The van der Waals surface area contributed by atoms with Crippen LogP contribution in [-0.4, -0.2) is 5.11 Å². The summed E-state index contributed by atoms with van der Waals surface area (Å²) in [6, 6.07) is 16.5. The Morgan fingerprint density at radius 1 is 0.850 bits per heavy atom. The van der Waals surface area contributed by atoms with Crippen LogP contribution < -0.4 is 0 Å². The summed E-state index contributed by atoms with van der Waals surface area (Å²) in [6.45, 7) is 8.72. The van der Waals surface area contributed by atoms with Crippen LogP contribution in [0.4, 0.5) is 0 Å². The maximum absolute atomic E-state index is 10.4. The molecule has 0 saturated carbocycles. The first-order valence-electron chi connectivity index (χ1n) is 7.29. The van der Waals surface area contributed by atoms with Crippen LogP contribution in [0.3, 0.4) is 0 Å². The molecule has 0 aliphatic heterocycles. The molecule has 2 aromatic carbocycles. The second kappa shape index (κ2) is 5.80. The highest BCUT2D eigenvalue weighted by atomic mass is 16.3. The van der Waals surface area contributed by atoms with Gasteiger partial charge >= 0.3 is 0 Å². The van der Waals surface area contributed by atoms with E-state index in [0.717, 1.165) is 17.5 Å². The fourth-order valence-electron chi connectivity index (χ4n) is 2.29. The van der Waals surface area contributed by atoms with Gasteiger partial charge in [-0.1, -0.05) is 76.2 Å². The molecule has 1 nitrogen and oxygen atoms in total. The summed E-state index contributed by atoms with van der Waals surface area (Å²) >= 11 is 0. The Morgan fingerprint density at radius 3 is 1.70 bits per heavy atom. The molecular formula is C19H24O. The van der Waals surface area contributed by atoms with Crippen LogP contribution in [0.1, 0.15) is 56.1 Å². The molecule has 0 aliphatic rings. The van der Waals surface area contributed by atoms with E-state index in [1.807, 2.05) is 24.3 Å². The Hall–Kier alpha value is -1.60. The molecule has 1 unspecified atom stereocenters. The predicted molar refractivity (Wildman–Crippen MR) is 85.0 cm³/mol. The molecule has 0 heterocycles. The quantitative estimate of drug-likeness (QED) is 0.860. The smallest absolute Gasteiger partial charge is 0.104 e. The van der Waals surface area contributed by atoms with Crippen LogP contribution >= 0.6 is 0 Å². The van der Waals surface area contributed by atoms with Gasteiger partial charge in [-0.05, 0) is 34.1 Å². The van der Waals surface area contributed by atoms with Crippen molar-refractivity contribution >= 4 is 0 Å². The SMILES string of the molecule is CCc1ccc(C(O)c2ccc(C(C)(C)C)cc2)cc1. The number of hydrogen-bond donors (Lipinski definition) is 1. The van der Waals surface area contributed by atoms with Gasteiger partial charge in [0.05, 0.1) is 0 Å². The number of aliphatic hydroxyl groups is 1. The van der Waals surface area contributed by atoms with Crippen LogP contribution in [0.2, 0.25) is 0 Å². The molecule has 0 amide bonds. The van der Waals surface area contributed by atoms with Crippen LogP contribution in [-0.2, 0) is 11.8 Å². The topological polar surface area (TPSA) is 20.2 Å². The third-order valence-corrected chi connectivity index (χ3v) is 3.80. The molecule has 0 fully saturated rings. The molecule has 2 aromatic rings. The Kier molecular flexibility index (Phi) is 4.29. The van der Waals surface area contributed by atoms with Gasteiger partial charge in [-0.2, -0.15) is 0 Å². The van der Waals surface area contributed by atoms with E-state index in [1.165, 1.54) is 11.1 Å². The lowest BCUT2D eigenvalue weighted by Crippen LogP contribution is -2.11. The van der Waals surface area contributed by atoms with Crippen molar-refractivity contribution in [2.75, 3.05) is 0 Å². The van der Waals surface area contributed by atoms with Crippen molar-refractivity contribution in [3.8, 4) is 0 Å². The highest BCUT2D eigenvalue weighted by Crippen LogP contribution is 2.26. The lowest BCUT2D eigenvalue weighted by Gasteiger charge is -2.20. The van der Waals surface area contributed by atoms with Crippen molar-refractivity contribution in [1.29, 1.82) is 0 Å².